The molecule has 3 aromatic heterocycles. The summed E-state index contributed by atoms with van der Waals surface area (Å²) in [5.41, 5.74) is 4.23. The number of hydrogen-bond donors (Lipinski definition) is 0. The van der Waals surface area contributed by atoms with Crippen molar-refractivity contribution in [3.63, 3.8) is 0 Å². The number of para-hydroxylation sites is 1. The van der Waals surface area contributed by atoms with Gasteiger partial charge in [-0.05, 0) is 42.0 Å². The lowest BCUT2D eigenvalue weighted by Gasteiger charge is -2.35. The number of pyridine rings is 3. The van der Waals surface area contributed by atoms with Crippen molar-refractivity contribution in [3.8, 4) is 11.4 Å². The number of rotatable bonds is 4. The minimum atomic E-state index is 0.0549. The lowest BCUT2D eigenvalue weighted by atomic mass is 10.0. The molecule has 6 nitrogen and oxygen atoms in total. The highest BCUT2D eigenvalue weighted by Gasteiger charge is 2.24. The monoisotopic (exact) mass is 409 g/mol. The first-order chi connectivity index (χ1) is 15.3. The highest BCUT2D eigenvalue weighted by molar-refractivity contribution is 6.07. The molecule has 6 heteroatoms. The minimum Gasteiger partial charge on any atom is -0.336 e. The van der Waals surface area contributed by atoms with Gasteiger partial charge in [0, 0.05) is 56.7 Å². The zero-order valence-corrected chi connectivity index (χ0v) is 17.2. The molecule has 4 aromatic rings. The van der Waals surface area contributed by atoms with Gasteiger partial charge in [-0.1, -0.05) is 24.3 Å². The van der Waals surface area contributed by atoms with Gasteiger partial charge in [0.2, 0.25) is 0 Å². The lowest BCUT2D eigenvalue weighted by Crippen LogP contribution is -2.48. The molecule has 0 bridgehead atoms. The van der Waals surface area contributed by atoms with Crippen LogP contribution in [0, 0.1) is 0 Å². The zero-order valence-electron chi connectivity index (χ0n) is 17.2. The second-order valence-electron chi connectivity index (χ2n) is 7.71. The van der Waals surface area contributed by atoms with Crippen molar-refractivity contribution in [2.24, 2.45) is 0 Å². The largest absolute Gasteiger partial charge is 0.336 e. The van der Waals surface area contributed by atoms with Crippen molar-refractivity contribution < 1.29 is 4.79 Å². The number of amides is 1. The summed E-state index contributed by atoms with van der Waals surface area (Å²) in [5, 5.41) is 0.881. The van der Waals surface area contributed by atoms with Gasteiger partial charge in [0.1, 0.15) is 0 Å². The van der Waals surface area contributed by atoms with Crippen molar-refractivity contribution >= 4 is 16.8 Å². The first-order valence-electron chi connectivity index (χ1n) is 10.5. The van der Waals surface area contributed by atoms with Crippen molar-refractivity contribution in [1.82, 2.24) is 24.8 Å². The number of piperazine rings is 1. The predicted octanol–water partition coefficient (Wildman–Crippen LogP) is 3.65. The van der Waals surface area contributed by atoms with Gasteiger partial charge in [-0.15, -0.1) is 0 Å². The summed E-state index contributed by atoms with van der Waals surface area (Å²) >= 11 is 0. The summed E-state index contributed by atoms with van der Waals surface area (Å²) < 4.78 is 0. The summed E-state index contributed by atoms with van der Waals surface area (Å²) in [5.74, 6) is 0.0549. The Morgan fingerprint density at radius 2 is 1.61 bits per heavy atom. The van der Waals surface area contributed by atoms with Crippen LogP contribution in [0.5, 0.6) is 0 Å². The molecule has 0 unspecified atom stereocenters. The summed E-state index contributed by atoms with van der Waals surface area (Å²) in [4.78, 5) is 31.1. The van der Waals surface area contributed by atoms with Crippen LogP contribution in [0.2, 0.25) is 0 Å². The number of benzene rings is 1. The van der Waals surface area contributed by atoms with E-state index in [2.05, 4.69) is 14.9 Å². The van der Waals surface area contributed by atoms with Crippen molar-refractivity contribution in [3.05, 3.63) is 90.4 Å². The van der Waals surface area contributed by atoms with Gasteiger partial charge in [-0.3, -0.25) is 19.7 Å². The van der Waals surface area contributed by atoms with Crippen LogP contribution >= 0.6 is 0 Å². The summed E-state index contributed by atoms with van der Waals surface area (Å²) in [6, 6.07) is 19.5. The highest BCUT2D eigenvalue weighted by atomic mass is 16.2. The Morgan fingerprint density at radius 3 is 2.39 bits per heavy atom. The van der Waals surface area contributed by atoms with Gasteiger partial charge in [0.25, 0.3) is 5.91 Å². The van der Waals surface area contributed by atoms with E-state index in [1.54, 1.807) is 6.20 Å². The second-order valence-corrected chi connectivity index (χ2v) is 7.71. The Hall–Kier alpha value is -3.64. The van der Waals surface area contributed by atoms with E-state index in [0.29, 0.717) is 18.7 Å². The average molecular weight is 409 g/mol. The van der Waals surface area contributed by atoms with Gasteiger partial charge in [-0.2, -0.15) is 0 Å². The summed E-state index contributed by atoms with van der Waals surface area (Å²) in [6.07, 6.45) is 5.39. The quantitative estimate of drug-likeness (QED) is 0.515. The maximum absolute atomic E-state index is 13.5. The maximum Gasteiger partial charge on any atom is 0.254 e. The van der Waals surface area contributed by atoms with Crippen LogP contribution in [-0.2, 0) is 6.54 Å². The first-order valence-corrected chi connectivity index (χ1v) is 10.5. The van der Waals surface area contributed by atoms with E-state index in [9.17, 15) is 4.79 Å². The number of hydrogen-bond acceptors (Lipinski definition) is 5. The molecule has 154 valence electrons. The van der Waals surface area contributed by atoms with Gasteiger partial charge in [-0.25, -0.2) is 4.98 Å². The Morgan fingerprint density at radius 1 is 0.839 bits per heavy atom. The fraction of sp³-hybridized carbons (Fsp3) is 0.200. The Balaban J connectivity index is 1.38. The molecule has 1 aliphatic rings. The Labute approximate surface area is 181 Å². The number of fused-ring (bicyclic) bond motifs is 1. The van der Waals surface area contributed by atoms with Crippen LogP contribution in [0.15, 0.2) is 79.3 Å². The topological polar surface area (TPSA) is 62.2 Å². The fourth-order valence-corrected chi connectivity index (χ4v) is 4.02. The zero-order chi connectivity index (χ0) is 21.0. The average Bonchev–Trinajstić information content (AvgIpc) is 2.84. The third kappa shape index (κ3) is 4.15. The molecule has 1 amide bonds. The summed E-state index contributed by atoms with van der Waals surface area (Å²) in [7, 11) is 0. The van der Waals surface area contributed by atoms with E-state index in [4.69, 9.17) is 4.98 Å². The molecule has 1 aromatic carbocycles. The lowest BCUT2D eigenvalue weighted by molar-refractivity contribution is 0.0630. The fourth-order valence-electron chi connectivity index (χ4n) is 4.02. The van der Waals surface area contributed by atoms with E-state index < -0.39 is 0 Å². The third-order valence-corrected chi connectivity index (χ3v) is 5.69. The predicted molar refractivity (Wildman–Crippen MR) is 120 cm³/mol. The van der Waals surface area contributed by atoms with Crippen LogP contribution in [0.1, 0.15) is 15.9 Å². The molecule has 1 fully saturated rings. The summed E-state index contributed by atoms with van der Waals surface area (Å²) in [6.45, 7) is 4.00. The van der Waals surface area contributed by atoms with Gasteiger partial charge >= 0.3 is 0 Å². The van der Waals surface area contributed by atoms with Crippen LogP contribution in [0.3, 0.4) is 0 Å². The molecule has 4 heterocycles. The highest BCUT2D eigenvalue weighted by Crippen LogP contribution is 2.25. The molecule has 0 saturated carbocycles. The second kappa shape index (κ2) is 8.62. The van der Waals surface area contributed by atoms with Gasteiger partial charge in [0.15, 0.2) is 0 Å². The van der Waals surface area contributed by atoms with Crippen LogP contribution in [-0.4, -0.2) is 56.8 Å². The maximum atomic E-state index is 13.5. The number of nitrogens with zero attached hydrogens (tertiary/aromatic N) is 5. The molecular weight excluding hydrogens is 386 g/mol. The van der Waals surface area contributed by atoms with E-state index in [-0.39, 0.29) is 5.91 Å². The molecule has 0 N–H and O–H groups in total. The van der Waals surface area contributed by atoms with Crippen molar-refractivity contribution in [2.45, 2.75) is 6.54 Å². The number of carbonyl (C=O) groups is 1. The molecule has 0 radical (unpaired) electrons. The molecule has 0 spiro atoms. The van der Waals surface area contributed by atoms with Crippen molar-refractivity contribution in [2.75, 3.05) is 26.2 Å². The van der Waals surface area contributed by atoms with E-state index >= 15 is 0 Å². The Bertz CT molecular complexity index is 1190. The molecular formula is C25H23N5O. The standard InChI is InChI=1S/C25H23N5O/c31-25(30-15-13-29(14-16-30)18-19-8-11-26-12-9-19)21-17-24(23-7-3-4-10-27-23)28-22-6-2-1-5-20(21)22/h1-12,17H,13-16,18H2. The molecule has 0 aliphatic carbocycles. The van der Waals surface area contributed by atoms with Gasteiger partial charge < -0.3 is 4.90 Å². The number of aromatic nitrogens is 3. The van der Waals surface area contributed by atoms with Crippen molar-refractivity contribution in [1.29, 1.82) is 0 Å². The van der Waals surface area contributed by atoms with E-state index in [1.165, 1.54) is 5.56 Å². The number of carbonyl (C=O) groups excluding carboxylic acids is 1. The normalized spacial score (nSPS) is 14.6. The molecule has 31 heavy (non-hydrogen) atoms. The van der Waals surface area contributed by atoms with E-state index in [1.807, 2.05) is 78.0 Å². The first kappa shape index (κ1) is 19.3. The molecule has 1 aliphatic heterocycles. The van der Waals surface area contributed by atoms with Crippen LogP contribution in [0.4, 0.5) is 0 Å². The molecule has 5 rings (SSSR count). The van der Waals surface area contributed by atoms with Crippen LogP contribution in [0.25, 0.3) is 22.3 Å². The van der Waals surface area contributed by atoms with Crippen LogP contribution < -0.4 is 0 Å². The Kier molecular flexibility index (Phi) is 5.37. The third-order valence-electron chi connectivity index (χ3n) is 5.69. The molecule has 1 saturated heterocycles. The molecule has 0 atom stereocenters. The minimum absolute atomic E-state index is 0.0549. The van der Waals surface area contributed by atoms with E-state index in [0.717, 1.165) is 41.9 Å². The smallest absolute Gasteiger partial charge is 0.254 e. The SMILES string of the molecule is O=C(c1cc(-c2ccccn2)nc2ccccc12)N1CCN(Cc2ccncc2)CC1. The van der Waals surface area contributed by atoms with Gasteiger partial charge in [0.05, 0.1) is 22.5 Å².